The largest absolute Gasteiger partial charge is 0.493 e. The summed E-state index contributed by atoms with van der Waals surface area (Å²) in [5.41, 5.74) is 0.643. The van der Waals surface area contributed by atoms with Crippen molar-refractivity contribution in [1.29, 1.82) is 0 Å². The van der Waals surface area contributed by atoms with E-state index in [0.29, 0.717) is 22.1 Å². The van der Waals surface area contributed by atoms with Gasteiger partial charge in [0.1, 0.15) is 0 Å². The number of esters is 1. The third-order valence-electron chi connectivity index (χ3n) is 3.38. The molecular formula is C19H26ClNO5. The topological polar surface area (TPSA) is 73.9 Å². The van der Waals surface area contributed by atoms with E-state index in [1.54, 1.807) is 12.1 Å². The van der Waals surface area contributed by atoms with Gasteiger partial charge < -0.3 is 19.5 Å². The number of carbonyl (C=O) groups excluding carboxylic acids is 2. The highest BCUT2D eigenvalue weighted by atomic mass is 35.5. The molecular weight excluding hydrogens is 358 g/mol. The first kappa shape index (κ1) is 21.8. The van der Waals surface area contributed by atoms with E-state index in [-0.39, 0.29) is 24.7 Å². The molecule has 1 aromatic carbocycles. The summed E-state index contributed by atoms with van der Waals surface area (Å²) >= 11 is 6.23. The number of nitrogens with one attached hydrogen (secondary N) is 1. The summed E-state index contributed by atoms with van der Waals surface area (Å²) in [5, 5.41) is 3.09. The second-order valence-electron chi connectivity index (χ2n) is 6.02. The molecule has 0 aromatic heterocycles. The van der Waals surface area contributed by atoms with Crippen LogP contribution in [0.25, 0.3) is 6.08 Å². The van der Waals surface area contributed by atoms with Crippen molar-refractivity contribution in [1.82, 2.24) is 5.32 Å². The third-order valence-corrected chi connectivity index (χ3v) is 3.66. The van der Waals surface area contributed by atoms with Gasteiger partial charge in [0.15, 0.2) is 18.1 Å². The Kier molecular flexibility index (Phi) is 8.99. The van der Waals surface area contributed by atoms with E-state index in [9.17, 15) is 9.59 Å². The van der Waals surface area contributed by atoms with Crippen molar-refractivity contribution in [3.63, 3.8) is 0 Å². The van der Waals surface area contributed by atoms with Crippen molar-refractivity contribution >= 4 is 29.6 Å². The Morgan fingerprint density at radius 2 is 1.96 bits per heavy atom. The van der Waals surface area contributed by atoms with Crippen LogP contribution in [0.3, 0.4) is 0 Å². The maximum atomic E-state index is 11.8. The summed E-state index contributed by atoms with van der Waals surface area (Å²) in [4.78, 5) is 23.3. The van der Waals surface area contributed by atoms with Crippen molar-refractivity contribution in [2.45, 2.75) is 46.3 Å². The van der Waals surface area contributed by atoms with E-state index in [2.05, 4.69) is 5.32 Å². The Balaban J connectivity index is 2.71. The molecule has 144 valence electrons. The van der Waals surface area contributed by atoms with Crippen molar-refractivity contribution in [3.8, 4) is 11.5 Å². The zero-order chi connectivity index (χ0) is 19.7. The SMILES string of the molecule is CC[C@H](C)NC(=O)COC(=O)/C=C/c1cc(Cl)c(OC(C)C)c(OC)c1. The Morgan fingerprint density at radius 1 is 1.27 bits per heavy atom. The van der Waals surface area contributed by atoms with Crippen molar-refractivity contribution in [2.75, 3.05) is 13.7 Å². The van der Waals surface area contributed by atoms with Gasteiger partial charge >= 0.3 is 5.97 Å². The van der Waals surface area contributed by atoms with Crippen LogP contribution in [0.5, 0.6) is 11.5 Å². The maximum absolute atomic E-state index is 11.8. The van der Waals surface area contributed by atoms with Gasteiger partial charge in [0.25, 0.3) is 5.91 Å². The van der Waals surface area contributed by atoms with Crippen LogP contribution in [-0.2, 0) is 14.3 Å². The number of halogens is 1. The second-order valence-corrected chi connectivity index (χ2v) is 6.43. The highest BCUT2D eigenvalue weighted by Gasteiger charge is 2.13. The van der Waals surface area contributed by atoms with E-state index in [0.717, 1.165) is 6.42 Å². The lowest BCUT2D eigenvalue weighted by Gasteiger charge is -2.15. The van der Waals surface area contributed by atoms with Crippen LogP contribution in [-0.4, -0.2) is 37.7 Å². The number of ether oxygens (including phenoxy) is 3. The highest BCUT2D eigenvalue weighted by Crippen LogP contribution is 2.37. The van der Waals surface area contributed by atoms with Crippen LogP contribution in [0.15, 0.2) is 18.2 Å². The van der Waals surface area contributed by atoms with E-state index in [1.165, 1.54) is 19.3 Å². The molecule has 0 aliphatic carbocycles. The van der Waals surface area contributed by atoms with Crippen molar-refractivity contribution in [2.24, 2.45) is 0 Å². The smallest absolute Gasteiger partial charge is 0.331 e. The minimum absolute atomic E-state index is 0.0397. The van der Waals surface area contributed by atoms with E-state index >= 15 is 0 Å². The molecule has 1 aromatic rings. The molecule has 1 amide bonds. The van der Waals surface area contributed by atoms with Gasteiger partial charge in [-0.1, -0.05) is 18.5 Å². The zero-order valence-electron chi connectivity index (χ0n) is 15.8. The van der Waals surface area contributed by atoms with Gasteiger partial charge in [0.2, 0.25) is 0 Å². The Morgan fingerprint density at radius 3 is 2.54 bits per heavy atom. The summed E-state index contributed by atoms with van der Waals surface area (Å²) < 4.78 is 15.8. The quantitative estimate of drug-likeness (QED) is 0.521. The van der Waals surface area contributed by atoms with Crippen LogP contribution in [0, 0.1) is 0 Å². The molecule has 7 heteroatoms. The molecule has 1 rings (SSSR count). The summed E-state index contributed by atoms with van der Waals surface area (Å²) in [6, 6.07) is 3.39. The fourth-order valence-corrected chi connectivity index (χ4v) is 2.22. The second kappa shape index (κ2) is 10.7. The number of hydrogen-bond donors (Lipinski definition) is 1. The average molecular weight is 384 g/mol. The summed E-state index contributed by atoms with van der Waals surface area (Å²) in [5.74, 6) is -0.0411. The fraction of sp³-hybridized carbons (Fsp3) is 0.474. The van der Waals surface area contributed by atoms with Crippen molar-refractivity contribution < 1.29 is 23.8 Å². The van der Waals surface area contributed by atoms with Crippen LogP contribution < -0.4 is 14.8 Å². The van der Waals surface area contributed by atoms with E-state index in [1.807, 2.05) is 27.7 Å². The van der Waals surface area contributed by atoms with Gasteiger partial charge in [-0.25, -0.2) is 4.79 Å². The van der Waals surface area contributed by atoms with E-state index < -0.39 is 5.97 Å². The van der Waals surface area contributed by atoms with Gasteiger partial charge in [-0.3, -0.25) is 4.79 Å². The standard InChI is InChI=1S/C19H26ClNO5/c1-6-13(4)21-17(22)11-25-18(23)8-7-14-9-15(20)19(26-12(2)3)16(10-14)24-5/h7-10,12-13H,6,11H2,1-5H3,(H,21,22)/b8-7+/t13-/m0/s1. The predicted octanol–water partition coefficient (Wildman–Crippen LogP) is 3.61. The minimum Gasteiger partial charge on any atom is -0.493 e. The van der Waals surface area contributed by atoms with Gasteiger partial charge in [0, 0.05) is 12.1 Å². The Bertz CT molecular complexity index is 658. The molecule has 0 aliphatic heterocycles. The van der Waals surface area contributed by atoms with Crippen LogP contribution in [0.4, 0.5) is 0 Å². The lowest BCUT2D eigenvalue weighted by molar-refractivity contribution is -0.144. The first-order valence-corrected chi connectivity index (χ1v) is 8.83. The zero-order valence-corrected chi connectivity index (χ0v) is 16.6. The van der Waals surface area contributed by atoms with Gasteiger partial charge in [-0.15, -0.1) is 0 Å². The van der Waals surface area contributed by atoms with Crippen LogP contribution >= 0.6 is 11.6 Å². The molecule has 0 radical (unpaired) electrons. The Hall–Kier alpha value is -2.21. The molecule has 0 fully saturated rings. The number of methoxy groups -OCH3 is 1. The summed E-state index contributed by atoms with van der Waals surface area (Å²) in [7, 11) is 1.51. The molecule has 6 nitrogen and oxygen atoms in total. The number of rotatable bonds is 9. The summed E-state index contributed by atoms with van der Waals surface area (Å²) in [6.45, 7) is 7.28. The normalized spacial score (nSPS) is 12.1. The maximum Gasteiger partial charge on any atom is 0.331 e. The van der Waals surface area contributed by atoms with Crippen LogP contribution in [0.1, 0.15) is 39.7 Å². The predicted molar refractivity (Wildman–Crippen MR) is 102 cm³/mol. The van der Waals surface area contributed by atoms with E-state index in [4.69, 9.17) is 25.8 Å². The first-order chi connectivity index (χ1) is 12.3. The first-order valence-electron chi connectivity index (χ1n) is 8.45. The monoisotopic (exact) mass is 383 g/mol. The molecule has 0 saturated heterocycles. The number of benzene rings is 1. The lowest BCUT2D eigenvalue weighted by atomic mass is 10.2. The fourth-order valence-electron chi connectivity index (χ4n) is 1.95. The number of amides is 1. The lowest BCUT2D eigenvalue weighted by Crippen LogP contribution is -2.35. The van der Waals surface area contributed by atoms with Gasteiger partial charge in [-0.05, 0) is 51.0 Å². The van der Waals surface area contributed by atoms with Gasteiger partial charge in [0.05, 0.1) is 18.2 Å². The minimum atomic E-state index is -0.623. The molecule has 26 heavy (non-hydrogen) atoms. The molecule has 0 spiro atoms. The molecule has 0 aliphatic rings. The third kappa shape index (κ3) is 7.35. The average Bonchev–Trinajstić information content (AvgIpc) is 2.59. The molecule has 1 N–H and O–H groups in total. The molecule has 0 heterocycles. The van der Waals surface area contributed by atoms with Crippen molar-refractivity contribution in [3.05, 3.63) is 28.8 Å². The summed E-state index contributed by atoms with van der Waals surface area (Å²) in [6.07, 6.45) is 3.51. The van der Waals surface area contributed by atoms with Gasteiger partial charge in [-0.2, -0.15) is 0 Å². The molecule has 0 saturated carbocycles. The Labute approximate surface area is 159 Å². The van der Waals surface area contributed by atoms with Crippen LogP contribution in [0.2, 0.25) is 5.02 Å². The molecule has 0 bridgehead atoms. The highest BCUT2D eigenvalue weighted by molar-refractivity contribution is 6.32. The number of carbonyl (C=O) groups is 2. The number of hydrogen-bond acceptors (Lipinski definition) is 5. The molecule has 0 unspecified atom stereocenters. The molecule has 1 atom stereocenters.